The van der Waals surface area contributed by atoms with Gasteiger partial charge in [-0.3, -0.25) is 4.79 Å². The van der Waals surface area contributed by atoms with Crippen molar-refractivity contribution in [3.8, 4) is 5.75 Å². The van der Waals surface area contributed by atoms with Gasteiger partial charge in [-0.1, -0.05) is 6.07 Å². The molecule has 0 aliphatic carbocycles. The molecule has 1 rings (SSSR count). The van der Waals surface area contributed by atoms with Crippen molar-refractivity contribution in [2.45, 2.75) is 11.3 Å². The molecule has 0 saturated heterocycles. The van der Waals surface area contributed by atoms with E-state index in [-0.39, 0.29) is 4.90 Å². The zero-order chi connectivity index (χ0) is 11.6. The van der Waals surface area contributed by atoms with Crippen molar-refractivity contribution in [1.82, 2.24) is 0 Å². The average Bonchev–Trinajstić information content (AvgIpc) is 1.99. The van der Waals surface area contributed by atoms with Crippen LogP contribution in [0, 0.1) is 0 Å². The van der Waals surface area contributed by atoms with Gasteiger partial charge in [0.15, 0.2) is 0 Å². The van der Waals surface area contributed by atoms with Gasteiger partial charge in [0, 0.05) is 4.90 Å². The number of rotatable bonds is 2. The summed E-state index contributed by atoms with van der Waals surface area (Å²) in [6, 6.07) is 3.59. The lowest BCUT2D eigenvalue weighted by molar-refractivity contribution is -0.274. The van der Waals surface area contributed by atoms with Crippen molar-refractivity contribution < 1.29 is 22.7 Å². The Hall–Kier alpha value is -0.880. The lowest BCUT2D eigenvalue weighted by Gasteiger charge is -2.12. The number of carbonyl (C=O) groups is 1. The third-order valence-electron chi connectivity index (χ3n) is 1.43. The largest absolute Gasteiger partial charge is 0.573 e. The third kappa shape index (κ3) is 3.32. The first-order valence-electron chi connectivity index (χ1n) is 3.59. The van der Waals surface area contributed by atoms with Crippen LogP contribution >= 0.6 is 24.2 Å². The normalized spacial score (nSPS) is 11.3. The summed E-state index contributed by atoms with van der Waals surface area (Å²) in [5, 5.41) is -1.06. The summed E-state index contributed by atoms with van der Waals surface area (Å²) in [5.41, 5.74) is -0.403. The number of hydrogen-bond acceptors (Lipinski definition) is 3. The Morgan fingerprint density at radius 3 is 2.47 bits per heavy atom. The first-order valence-corrected chi connectivity index (χ1v) is 4.41. The first kappa shape index (κ1) is 12.2. The predicted molar refractivity (Wildman–Crippen MR) is 50.6 cm³/mol. The van der Waals surface area contributed by atoms with Gasteiger partial charge in [-0.05, 0) is 23.7 Å². The molecule has 15 heavy (non-hydrogen) atoms. The van der Waals surface area contributed by atoms with Crippen LogP contribution in [0.2, 0.25) is 0 Å². The van der Waals surface area contributed by atoms with E-state index in [1.165, 1.54) is 12.1 Å². The van der Waals surface area contributed by atoms with E-state index >= 15 is 0 Å². The molecule has 0 heterocycles. The lowest BCUT2D eigenvalue weighted by atomic mass is 10.2. The summed E-state index contributed by atoms with van der Waals surface area (Å²) < 4.78 is 39.4. The van der Waals surface area contributed by atoms with Gasteiger partial charge in [-0.15, -0.1) is 25.8 Å². The summed E-state index contributed by atoms with van der Waals surface area (Å²) in [6.07, 6.45) is -4.87. The molecule has 0 fully saturated rings. The van der Waals surface area contributed by atoms with Gasteiger partial charge in [0.1, 0.15) is 5.75 Å². The van der Waals surface area contributed by atoms with Gasteiger partial charge in [0.25, 0.3) is 5.24 Å². The molecule has 0 unspecified atom stereocenters. The van der Waals surface area contributed by atoms with Crippen LogP contribution in [0.1, 0.15) is 10.4 Å². The smallest absolute Gasteiger partial charge is 0.405 e. The molecular formula is C8H4ClF3O2S. The van der Waals surface area contributed by atoms with Crippen LogP contribution in [0.4, 0.5) is 13.2 Å². The van der Waals surface area contributed by atoms with Crippen molar-refractivity contribution in [3.63, 3.8) is 0 Å². The number of benzene rings is 1. The molecule has 0 aliphatic rings. The zero-order valence-electron chi connectivity index (χ0n) is 7.01. The molecule has 1 aromatic carbocycles. The zero-order valence-corrected chi connectivity index (χ0v) is 8.66. The summed E-state index contributed by atoms with van der Waals surface area (Å²) in [5.74, 6) is -0.657. The van der Waals surface area contributed by atoms with Gasteiger partial charge < -0.3 is 4.74 Å². The maximum Gasteiger partial charge on any atom is 0.573 e. The van der Waals surface area contributed by atoms with Gasteiger partial charge in [0.2, 0.25) is 0 Å². The van der Waals surface area contributed by atoms with E-state index in [9.17, 15) is 18.0 Å². The average molecular weight is 257 g/mol. The SMILES string of the molecule is O=C(Cl)c1c(S)cccc1OC(F)(F)F. The standard InChI is InChI=1S/C8H4ClF3O2S/c9-7(13)6-4(14-8(10,11)12)2-1-3-5(6)15/h1-3,15H. The van der Waals surface area contributed by atoms with Crippen molar-refractivity contribution in [2.75, 3.05) is 0 Å². The summed E-state index contributed by atoms with van der Waals surface area (Å²) >= 11 is 8.91. The predicted octanol–water partition coefficient (Wildman–Crippen LogP) is 3.25. The molecule has 82 valence electrons. The molecule has 0 spiro atoms. The van der Waals surface area contributed by atoms with E-state index in [0.29, 0.717) is 0 Å². The first-order chi connectivity index (χ1) is 6.81. The highest BCUT2D eigenvalue weighted by atomic mass is 35.5. The molecule has 0 saturated carbocycles. The van der Waals surface area contributed by atoms with Gasteiger partial charge in [0.05, 0.1) is 5.56 Å². The van der Waals surface area contributed by atoms with E-state index in [2.05, 4.69) is 17.4 Å². The number of hydrogen-bond donors (Lipinski definition) is 1. The maximum absolute atomic E-state index is 11.9. The van der Waals surface area contributed by atoms with Crippen LogP contribution in [-0.2, 0) is 0 Å². The second-order valence-corrected chi connectivity index (χ2v) is 3.30. The molecule has 2 nitrogen and oxygen atoms in total. The third-order valence-corrected chi connectivity index (χ3v) is 1.99. The summed E-state index contributed by atoms with van der Waals surface area (Å²) in [7, 11) is 0. The van der Waals surface area contributed by atoms with Crippen molar-refractivity contribution in [3.05, 3.63) is 23.8 Å². The van der Waals surface area contributed by atoms with E-state index < -0.39 is 22.9 Å². The van der Waals surface area contributed by atoms with E-state index in [1.54, 1.807) is 0 Å². The maximum atomic E-state index is 11.9. The second kappa shape index (κ2) is 4.32. The molecule has 0 atom stereocenters. The number of ether oxygens (including phenoxy) is 1. The fraction of sp³-hybridized carbons (Fsp3) is 0.125. The fourth-order valence-electron chi connectivity index (χ4n) is 0.927. The molecule has 1 aromatic rings. The van der Waals surface area contributed by atoms with Crippen LogP contribution in [0.3, 0.4) is 0 Å². The molecule has 0 radical (unpaired) electrons. The Morgan fingerprint density at radius 2 is 2.00 bits per heavy atom. The van der Waals surface area contributed by atoms with Gasteiger partial charge >= 0.3 is 6.36 Å². The highest BCUT2D eigenvalue weighted by Gasteiger charge is 2.33. The number of alkyl halides is 3. The van der Waals surface area contributed by atoms with E-state index in [4.69, 9.17) is 11.6 Å². The number of thiol groups is 1. The molecule has 0 bridgehead atoms. The Morgan fingerprint density at radius 1 is 1.40 bits per heavy atom. The summed E-state index contributed by atoms with van der Waals surface area (Å²) in [6.45, 7) is 0. The monoisotopic (exact) mass is 256 g/mol. The minimum atomic E-state index is -4.87. The molecule has 7 heteroatoms. The molecule has 0 aromatic heterocycles. The fourth-order valence-corrected chi connectivity index (χ4v) is 1.49. The molecule has 0 amide bonds. The highest BCUT2D eigenvalue weighted by molar-refractivity contribution is 7.80. The Balaban J connectivity index is 3.18. The topological polar surface area (TPSA) is 26.3 Å². The summed E-state index contributed by atoms with van der Waals surface area (Å²) in [4.78, 5) is 10.9. The minimum Gasteiger partial charge on any atom is -0.405 e. The van der Waals surface area contributed by atoms with Crippen molar-refractivity contribution in [1.29, 1.82) is 0 Å². The lowest BCUT2D eigenvalue weighted by Crippen LogP contribution is -2.18. The van der Waals surface area contributed by atoms with E-state index in [0.717, 1.165) is 6.07 Å². The molecular weight excluding hydrogens is 253 g/mol. The van der Waals surface area contributed by atoms with Crippen molar-refractivity contribution in [2.24, 2.45) is 0 Å². The van der Waals surface area contributed by atoms with Crippen LogP contribution in [-0.4, -0.2) is 11.6 Å². The Bertz CT molecular complexity index is 392. The molecule has 0 N–H and O–H groups in total. The van der Waals surface area contributed by atoms with Gasteiger partial charge in [-0.25, -0.2) is 0 Å². The van der Waals surface area contributed by atoms with Crippen LogP contribution in [0.5, 0.6) is 5.75 Å². The quantitative estimate of drug-likeness (QED) is 0.649. The Kier molecular flexibility index (Phi) is 3.51. The minimum absolute atomic E-state index is 0.0248. The molecule has 0 aliphatic heterocycles. The second-order valence-electron chi connectivity index (χ2n) is 2.47. The van der Waals surface area contributed by atoms with Crippen LogP contribution in [0.15, 0.2) is 23.1 Å². The van der Waals surface area contributed by atoms with Crippen molar-refractivity contribution >= 4 is 29.5 Å². The van der Waals surface area contributed by atoms with Crippen LogP contribution < -0.4 is 4.74 Å². The van der Waals surface area contributed by atoms with Crippen LogP contribution in [0.25, 0.3) is 0 Å². The number of halogens is 4. The van der Waals surface area contributed by atoms with Gasteiger partial charge in [-0.2, -0.15) is 0 Å². The number of carbonyl (C=O) groups excluding carboxylic acids is 1. The highest BCUT2D eigenvalue weighted by Crippen LogP contribution is 2.31. The van der Waals surface area contributed by atoms with E-state index in [1.807, 2.05) is 0 Å². The Labute approximate surface area is 93.4 Å².